The van der Waals surface area contributed by atoms with Gasteiger partial charge in [0.05, 0.1) is 25.1 Å². The predicted molar refractivity (Wildman–Crippen MR) is 470 cm³/mol. The molecule has 16 rings (SSSR count). The topological polar surface area (TPSA) is 308 Å². The number of rotatable bonds is 22. The molecule has 121 heavy (non-hydrogen) atoms. The number of ether oxygens (including phenoxy) is 4. The van der Waals surface area contributed by atoms with Gasteiger partial charge in [0.15, 0.2) is 23.0 Å². The van der Waals surface area contributed by atoms with Crippen LogP contribution in [-0.4, -0.2) is 74.9 Å². The summed E-state index contributed by atoms with van der Waals surface area (Å²) in [5.41, 5.74) is 7.07. The van der Waals surface area contributed by atoms with Crippen LogP contribution < -0.4 is 18.9 Å². The van der Waals surface area contributed by atoms with Crippen molar-refractivity contribution in [3.05, 3.63) is 319 Å². The molecule has 0 unspecified atom stereocenters. The maximum absolute atomic E-state index is 12.9. The first kappa shape index (κ1) is 84.3. The molecule has 0 fully saturated rings. The van der Waals surface area contributed by atoms with Crippen molar-refractivity contribution >= 4 is 128 Å². The van der Waals surface area contributed by atoms with E-state index in [0.717, 1.165) is 119 Å². The molecule has 0 aliphatic rings. The van der Waals surface area contributed by atoms with Crippen LogP contribution in [0.4, 0.5) is 13.2 Å². The fraction of sp³-hybridized carbons (Fsp3) is 0.0625. The second-order valence-electron chi connectivity index (χ2n) is 27.3. The van der Waals surface area contributed by atoms with Crippen LogP contribution in [0.3, 0.4) is 0 Å². The molecule has 4 aromatic heterocycles. The van der Waals surface area contributed by atoms with E-state index in [0.29, 0.717) is 74.0 Å². The summed E-state index contributed by atoms with van der Waals surface area (Å²) in [6.45, 7) is 4.34. The Morgan fingerprint density at radius 2 is 0.645 bits per heavy atom. The van der Waals surface area contributed by atoms with Gasteiger partial charge in [-0.2, -0.15) is 13.2 Å². The van der Waals surface area contributed by atoms with Crippen molar-refractivity contribution in [3.8, 4) is 122 Å². The van der Waals surface area contributed by atoms with E-state index in [1.165, 1.54) is 69.9 Å². The van der Waals surface area contributed by atoms with Gasteiger partial charge < -0.3 is 70.0 Å². The number of hydrogen-bond donors (Lipinski definition) is 10. The highest BCUT2D eigenvalue weighted by Crippen LogP contribution is 2.53. The van der Waals surface area contributed by atoms with Crippen molar-refractivity contribution in [2.75, 3.05) is 0 Å². The van der Waals surface area contributed by atoms with Gasteiger partial charge in [0.2, 0.25) is 0 Å². The Morgan fingerprint density at radius 3 is 0.950 bits per heavy atom. The highest BCUT2D eigenvalue weighted by Gasteiger charge is 2.31. The van der Waals surface area contributed by atoms with Crippen LogP contribution in [0.1, 0.15) is 59.6 Å². The number of benzene rings is 12. The van der Waals surface area contributed by atoms with E-state index in [1.54, 1.807) is 139 Å². The molecule has 0 saturated heterocycles. The highest BCUT2D eigenvalue weighted by molar-refractivity contribution is 7.24. The number of carbonyl (C=O) groups is 4. The van der Waals surface area contributed by atoms with Crippen molar-refractivity contribution in [2.24, 2.45) is 0 Å². The van der Waals surface area contributed by atoms with Crippen molar-refractivity contribution in [2.45, 2.75) is 38.8 Å². The minimum absolute atomic E-state index is 0.0684. The van der Waals surface area contributed by atoms with Crippen molar-refractivity contribution < 1.29 is 102 Å². The number of phenols is 6. The zero-order valence-corrected chi connectivity index (χ0v) is 67.1. The second kappa shape index (κ2) is 37.8. The molecule has 25 heteroatoms. The Bertz CT molecular complexity index is 6530. The maximum atomic E-state index is 12.9. The van der Waals surface area contributed by atoms with Gasteiger partial charge in [0.25, 0.3) is 0 Å². The molecule has 0 radical (unpaired) electrons. The van der Waals surface area contributed by atoms with Gasteiger partial charge in [-0.05, 0) is 263 Å². The summed E-state index contributed by atoms with van der Waals surface area (Å²) in [7, 11) is 0. The number of alkyl halides is 3. The Balaban J connectivity index is 0.000000139. The average molecular weight is 1700 g/mol. The summed E-state index contributed by atoms with van der Waals surface area (Å²) in [4.78, 5) is 46.2. The van der Waals surface area contributed by atoms with Gasteiger partial charge in [0, 0.05) is 65.0 Å². The number of carboxylic acid groups (broad SMARTS) is 4. The molecular formula is C96H71F3O18S4. The van der Waals surface area contributed by atoms with Gasteiger partial charge in [0.1, 0.15) is 57.5 Å². The number of halogens is 3. The average Bonchev–Trinajstić information content (AvgIpc) is 1.64. The number of phenolic OH excluding ortho intramolecular Hbond substituents is 6. The predicted octanol–water partition coefficient (Wildman–Crippen LogP) is 26.1. The van der Waals surface area contributed by atoms with Crippen LogP contribution in [-0.2, 0) is 31.8 Å². The zero-order valence-electron chi connectivity index (χ0n) is 63.9. The normalized spacial score (nSPS) is 11.4. The SMILES string of the molecule is CC(C)c1ccccc1-c1sc2cc(O)ccc2c1Oc1ccc(/C=C/C(=O)O)cc1.O=C(O)/C=C/c1ccc(Oc2c(-c3ccc(C(F)(F)F)cc3)sc3cc(O)ccc23)cc1.O=C(O)/C=C/c1ccc(Oc2c(-c3ccc(O)cc3)sc3cc(O)ccc23)cc1.O=C(O)CCc1ccc(Oc2c(-c3ccc(O)cc3)sc3cc(O)ccc23)cc1. The smallest absolute Gasteiger partial charge is 0.416 e. The monoisotopic (exact) mass is 1700 g/mol. The third-order valence-corrected chi connectivity index (χ3v) is 23.1. The lowest BCUT2D eigenvalue weighted by Gasteiger charge is -2.14. The van der Waals surface area contributed by atoms with Gasteiger partial charge in [-0.3, -0.25) is 4.79 Å². The number of aromatic hydroxyl groups is 6. The minimum Gasteiger partial charge on any atom is -0.508 e. The summed E-state index contributed by atoms with van der Waals surface area (Å²) in [5.74, 6) is 2.41. The maximum Gasteiger partial charge on any atom is 0.416 e. The van der Waals surface area contributed by atoms with E-state index < -0.39 is 35.6 Å². The van der Waals surface area contributed by atoms with Crippen LogP contribution in [0.15, 0.2) is 285 Å². The summed E-state index contributed by atoms with van der Waals surface area (Å²) in [6, 6.07) is 75.6. The molecule has 18 nitrogen and oxygen atoms in total. The molecule has 0 saturated carbocycles. The van der Waals surface area contributed by atoms with Crippen molar-refractivity contribution in [1.29, 1.82) is 0 Å². The summed E-state index contributed by atoms with van der Waals surface area (Å²) >= 11 is 5.88. The van der Waals surface area contributed by atoms with Crippen molar-refractivity contribution in [3.63, 3.8) is 0 Å². The largest absolute Gasteiger partial charge is 0.508 e. The second-order valence-corrected chi connectivity index (χ2v) is 31.6. The van der Waals surface area contributed by atoms with Crippen molar-refractivity contribution in [1.82, 2.24) is 0 Å². The third-order valence-electron chi connectivity index (χ3n) is 18.4. The summed E-state index contributed by atoms with van der Waals surface area (Å²) in [6.07, 6.45) is 3.84. The van der Waals surface area contributed by atoms with Crippen LogP contribution in [0.5, 0.6) is 80.5 Å². The van der Waals surface area contributed by atoms with Gasteiger partial charge in [-0.15, -0.1) is 45.3 Å². The van der Waals surface area contributed by atoms with Crippen LogP contribution in [0.25, 0.3) is 100 Å². The molecule has 608 valence electrons. The lowest BCUT2D eigenvalue weighted by molar-refractivity contribution is -0.138. The summed E-state index contributed by atoms with van der Waals surface area (Å²) < 4.78 is 67.1. The van der Waals surface area contributed by atoms with Crippen LogP contribution in [0.2, 0.25) is 0 Å². The first-order valence-corrected chi connectivity index (χ1v) is 40.3. The first-order chi connectivity index (χ1) is 58.1. The Morgan fingerprint density at radius 1 is 0.355 bits per heavy atom. The molecule has 0 bridgehead atoms. The van der Waals surface area contributed by atoms with Gasteiger partial charge in [-0.1, -0.05) is 98.8 Å². The number of aliphatic carboxylic acids is 4. The van der Waals surface area contributed by atoms with E-state index in [1.807, 2.05) is 103 Å². The van der Waals surface area contributed by atoms with Crippen LogP contribution >= 0.6 is 45.3 Å². The minimum atomic E-state index is -4.43. The number of carboxylic acids is 4. The standard InChI is InChI=1S/C26H22O4S.C24H15F3O4S.C23H18O5S.C23H16O5S/c1-16(2)20-5-3-4-6-21(20)26-25(22-13-10-18(27)15-23(22)31-26)30-19-11-7-17(8-12-19)9-14-24(28)29;25-24(26,27)16-6-4-15(5-7-16)23-22(19-11-8-17(28)13-20(19)32-23)31-18-9-1-14(2-10-18)3-12-21(29)30;2*24-16-6-4-15(5-7-16)23-22(19-11-8-17(25)13-20(19)29-23)28-18-9-1-14(2-10-18)3-12-21(26)27/h3-16,27H,1-2H3,(H,28,29);1-13,28H,(H,29,30);1-2,4-11,13,24-25H,3,12H2,(H,26,27);1-13,24-25H,(H,26,27)/b14-9+;12-3+;;12-3+. The van der Waals surface area contributed by atoms with Gasteiger partial charge >= 0.3 is 30.1 Å². The van der Waals surface area contributed by atoms with E-state index in [2.05, 4.69) is 26.0 Å². The fourth-order valence-corrected chi connectivity index (χ4v) is 17.2. The lowest BCUT2D eigenvalue weighted by Crippen LogP contribution is -2.03. The Kier molecular flexibility index (Phi) is 26.3. The number of thiophene rings is 4. The number of fused-ring (bicyclic) bond motifs is 4. The molecule has 0 aliphatic heterocycles. The number of aryl methyl sites for hydroxylation is 1. The molecule has 4 heterocycles. The summed E-state index contributed by atoms with van der Waals surface area (Å²) in [5, 5.41) is 97.1. The lowest BCUT2D eigenvalue weighted by atomic mass is 9.96. The molecule has 0 atom stereocenters. The molecule has 16 aromatic rings. The Labute approximate surface area is 705 Å². The van der Waals surface area contributed by atoms with E-state index in [4.69, 9.17) is 39.4 Å². The molecule has 0 aliphatic carbocycles. The van der Waals surface area contributed by atoms with Crippen LogP contribution in [0, 0.1) is 0 Å². The van der Waals surface area contributed by atoms with E-state index >= 15 is 0 Å². The Hall–Kier alpha value is -14.6. The molecule has 10 N–H and O–H groups in total. The third kappa shape index (κ3) is 21.6. The fourth-order valence-electron chi connectivity index (χ4n) is 12.5. The quantitative estimate of drug-likeness (QED) is 0.0282. The first-order valence-electron chi connectivity index (χ1n) is 37.0. The molecule has 0 amide bonds. The molecule has 0 spiro atoms. The van der Waals surface area contributed by atoms with E-state index in [9.17, 15) is 63.0 Å². The zero-order chi connectivity index (χ0) is 85.6. The highest BCUT2D eigenvalue weighted by atomic mass is 32.1. The molecule has 12 aromatic carbocycles. The van der Waals surface area contributed by atoms with E-state index in [-0.39, 0.29) is 40.9 Å². The van der Waals surface area contributed by atoms with Gasteiger partial charge in [-0.25, -0.2) is 14.4 Å². The molecular weight excluding hydrogens is 1630 g/mol. The number of hydrogen-bond acceptors (Lipinski definition) is 18.